The molecule has 0 atom stereocenters. The summed E-state index contributed by atoms with van der Waals surface area (Å²) < 4.78 is 2.27. The molecule has 4 nitrogen and oxygen atoms in total. The number of rotatable bonds is 4. The number of aromatic nitrogens is 1. The van der Waals surface area contributed by atoms with Crippen molar-refractivity contribution in [3.63, 3.8) is 0 Å². The van der Waals surface area contributed by atoms with E-state index in [1.54, 1.807) is 6.34 Å². The number of hydrogen-bond acceptors (Lipinski definition) is 3. The van der Waals surface area contributed by atoms with Crippen LogP contribution in [-0.4, -0.2) is 36.4 Å². The fourth-order valence-electron chi connectivity index (χ4n) is 1.82. The summed E-state index contributed by atoms with van der Waals surface area (Å²) in [6.45, 7) is 3.00. The smallest absolute Gasteiger partial charge is 0.116 e. The molecule has 1 N–H and O–H groups in total. The summed E-state index contributed by atoms with van der Waals surface area (Å²) in [4.78, 5) is 6.40. The minimum Gasteiger partial charge on any atom is -0.334 e. The van der Waals surface area contributed by atoms with E-state index in [2.05, 4.69) is 46.1 Å². The Labute approximate surface area is 90.6 Å². The molecule has 1 aliphatic heterocycles. The molecular formula is C11H18N4. The van der Waals surface area contributed by atoms with Gasteiger partial charge < -0.3 is 14.8 Å². The fourth-order valence-corrected chi connectivity index (χ4v) is 1.82. The first-order valence-electron chi connectivity index (χ1n) is 5.35. The first-order chi connectivity index (χ1) is 7.27. The Hall–Kier alpha value is -1.29. The van der Waals surface area contributed by atoms with Gasteiger partial charge in [-0.15, -0.1) is 0 Å². The quantitative estimate of drug-likeness (QED) is 0.807. The van der Waals surface area contributed by atoms with E-state index in [-0.39, 0.29) is 0 Å². The summed E-state index contributed by atoms with van der Waals surface area (Å²) in [6, 6.07) is 2.15. The van der Waals surface area contributed by atoms with Crippen LogP contribution in [0.1, 0.15) is 12.0 Å². The maximum absolute atomic E-state index is 4.18. The lowest BCUT2D eigenvalue weighted by Crippen LogP contribution is -2.16. The SMILES string of the molecule is CN(C)CCCn1ccc2c1NC=NC2. The van der Waals surface area contributed by atoms with Crippen molar-refractivity contribution < 1.29 is 0 Å². The number of fused-ring (bicyclic) bond motifs is 1. The van der Waals surface area contributed by atoms with E-state index in [4.69, 9.17) is 0 Å². The van der Waals surface area contributed by atoms with Gasteiger partial charge in [-0.2, -0.15) is 0 Å². The third-order valence-electron chi connectivity index (χ3n) is 2.61. The first-order valence-corrected chi connectivity index (χ1v) is 5.35. The van der Waals surface area contributed by atoms with E-state index >= 15 is 0 Å². The molecule has 0 radical (unpaired) electrons. The Balaban J connectivity index is 1.95. The van der Waals surface area contributed by atoms with Crippen molar-refractivity contribution in [2.75, 3.05) is 26.0 Å². The number of nitrogens with zero attached hydrogens (tertiary/aromatic N) is 3. The normalized spacial score (nSPS) is 14.1. The van der Waals surface area contributed by atoms with Gasteiger partial charge in [-0.05, 0) is 33.1 Å². The molecule has 0 unspecified atom stereocenters. The van der Waals surface area contributed by atoms with Crippen molar-refractivity contribution in [2.24, 2.45) is 4.99 Å². The lowest BCUT2D eigenvalue weighted by molar-refractivity contribution is 0.387. The van der Waals surface area contributed by atoms with Gasteiger partial charge >= 0.3 is 0 Å². The Morgan fingerprint density at radius 1 is 1.53 bits per heavy atom. The summed E-state index contributed by atoms with van der Waals surface area (Å²) in [5.74, 6) is 1.21. The van der Waals surface area contributed by atoms with E-state index in [0.29, 0.717) is 0 Å². The largest absolute Gasteiger partial charge is 0.334 e. The molecule has 82 valence electrons. The third-order valence-corrected chi connectivity index (χ3v) is 2.61. The fraction of sp³-hybridized carbons (Fsp3) is 0.545. The van der Waals surface area contributed by atoms with Crippen LogP contribution in [0.15, 0.2) is 17.3 Å². The topological polar surface area (TPSA) is 32.6 Å². The molecule has 1 aromatic rings. The molecule has 0 saturated carbocycles. The maximum atomic E-state index is 4.18. The van der Waals surface area contributed by atoms with Gasteiger partial charge in [0, 0.05) is 18.3 Å². The minimum atomic E-state index is 0.809. The molecule has 0 spiro atoms. The van der Waals surface area contributed by atoms with Gasteiger partial charge in [-0.3, -0.25) is 4.99 Å². The van der Waals surface area contributed by atoms with Gasteiger partial charge in [0.2, 0.25) is 0 Å². The van der Waals surface area contributed by atoms with Crippen molar-refractivity contribution >= 4 is 12.2 Å². The van der Waals surface area contributed by atoms with E-state index < -0.39 is 0 Å². The zero-order valence-electron chi connectivity index (χ0n) is 9.40. The minimum absolute atomic E-state index is 0.809. The molecule has 2 rings (SSSR count). The average Bonchev–Trinajstić information content (AvgIpc) is 2.62. The summed E-state index contributed by atoms with van der Waals surface area (Å²) in [7, 11) is 4.21. The van der Waals surface area contributed by atoms with E-state index in [0.717, 1.165) is 19.6 Å². The Morgan fingerprint density at radius 2 is 2.40 bits per heavy atom. The number of aliphatic imine (C=N–C) groups is 1. The molecule has 4 heteroatoms. The summed E-state index contributed by atoms with van der Waals surface area (Å²) in [5, 5.41) is 3.21. The van der Waals surface area contributed by atoms with E-state index in [9.17, 15) is 0 Å². The Bertz CT molecular complexity index is 351. The standard InChI is InChI=1S/C11H18N4/c1-14(2)5-3-6-15-7-4-10-8-12-9-13-11(10)15/h4,7,9H,3,5-6,8H2,1-2H3,(H,12,13). The molecule has 0 aliphatic carbocycles. The van der Waals surface area contributed by atoms with Crippen molar-refractivity contribution in [2.45, 2.75) is 19.5 Å². The molecule has 1 aliphatic rings. The number of nitrogens with one attached hydrogen (secondary N) is 1. The van der Waals surface area contributed by atoms with Gasteiger partial charge in [0.25, 0.3) is 0 Å². The average molecular weight is 206 g/mol. The molecule has 0 bridgehead atoms. The zero-order valence-corrected chi connectivity index (χ0v) is 9.40. The van der Waals surface area contributed by atoms with Crippen LogP contribution in [0.4, 0.5) is 5.82 Å². The van der Waals surface area contributed by atoms with Crippen LogP contribution in [0.25, 0.3) is 0 Å². The van der Waals surface area contributed by atoms with Gasteiger partial charge in [-0.1, -0.05) is 0 Å². The van der Waals surface area contributed by atoms with Crippen molar-refractivity contribution in [3.05, 3.63) is 17.8 Å². The molecular weight excluding hydrogens is 188 g/mol. The van der Waals surface area contributed by atoms with Gasteiger partial charge in [0.1, 0.15) is 5.82 Å². The monoisotopic (exact) mass is 206 g/mol. The summed E-state index contributed by atoms with van der Waals surface area (Å²) in [6.07, 6.45) is 5.10. The Kier molecular flexibility index (Phi) is 3.06. The summed E-state index contributed by atoms with van der Waals surface area (Å²) in [5.41, 5.74) is 1.29. The number of hydrogen-bond donors (Lipinski definition) is 1. The van der Waals surface area contributed by atoms with Crippen molar-refractivity contribution in [1.82, 2.24) is 9.47 Å². The van der Waals surface area contributed by atoms with Crippen LogP contribution in [0.2, 0.25) is 0 Å². The van der Waals surface area contributed by atoms with E-state index in [1.165, 1.54) is 17.8 Å². The van der Waals surface area contributed by atoms with Crippen molar-refractivity contribution in [1.29, 1.82) is 0 Å². The van der Waals surface area contributed by atoms with Gasteiger partial charge in [0.05, 0.1) is 12.9 Å². The number of anilines is 1. The van der Waals surface area contributed by atoms with Crippen LogP contribution in [0.5, 0.6) is 0 Å². The molecule has 0 saturated heterocycles. The highest BCUT2D eigenvalue weighted by Gasteiger charge is 2.09. The number of aryl methyl sites for hydroxylation is 1. The van der Waals surface area contributed by atoms with Gasteiger partial charge in [0.15, 0.2) is 0 Å². The predicted octanol–water partition coefficient (Wildman–Crippen LogP) is 1.39. The molecule has 0 amide bonds. The second-order valence-corrected chi connectivity index (χ2v) is 4.15. The van der Waals surface area contributed by atoms with Crippen LogP contribution in [0, 0.1) is 0 Å². The summed E-state index contributed by atoms with van der Waals surface area (Å²) >= 11 is 0. The third kappa shape index (κ3) is 2.39. The Morgan fingerprint density at radius 3 is 3.20 bits per heavy atom. The van der Waals surface area contributed by atoms with Crippen LogP contribution < -0.4 is 5.32 Å². The lowest BCUT2D eigenvalue weighted by atomic mass is 10.3. The molecule has 15 heavy (non-hydrogen) atoms. The highest BCUT2D eigenvalue weighted by molar-refractivity contribution is 5.77. The highest BCUT2D eigenvalue weighted by Crippen LogP contribution is 2.20. The molecule has 0 aromatic carbocycles. The molecule has 2 heterocycles. The van der Waals surface area contributed by atoms with Crippen LogP contribution in [-0.2, 0) is 13.1 Å². The van der Waals surface area contributed by atoms with Crippen LogP contribution in [0.3, 0.4) is 0 Å². The van der Waals surface area contributed by atoms with E-state index in [1.807, 2.05) is 0 Å². The van der Waals surface area contributed by atoms with Crippen molar-refractivity contribution in [3.8, 4) is 0 Å². The second-order valence-electron chi connectivity index (χ2n) is 4.15. The molecule has 1 aromatic heterocycles. The second kappa shape index (κ2) is 4.49. The predicted molar refractivity (Wildman–Crippen MR) is 63.4 cm³/mol. The first kappa shape index (κ1) is 10.2. The zero-order chi connectivity index (χ0) is 10.7. The highest BCUT2D eigenvalue weighted by atomic mass is 15.1. The lowest BCUT2D eigenvalue weighted by Gasteiger charge is -2.14. The van der Waals surface area contributed by atoms with Gasteiger partial charge in [-0.25, -0.2) is 0 Å². The van der Waals surface area contributed by atoms with Crippen LogP contribution >= 0.6 is 0 Å². The maximum Gasteiger partial charge on any atom is 0.116 e. The molecule has 0 fully saturated rings.